The lowest BCUT2D eigenvalue weighted by atomic mass is 9.81. The van der Waals surface area contributed by atoms with Crippen molar-refractivity contribution in [3.63, 3.8) is 0 Å². The van der Waals surface area contributed by atoms with Gasteiger partial charge >= 0.3 is 0 Å². The standard InChI is InChI=1S/C17H35N/c18-16-11-9-7-5-3-1-2-4-6-8-10-13-17-14-12-15-17/h17H,1-16,18H2. The summed E-state index contributed by atoms with van der Waals surface area (Å²) in [6, 6.07) is 0. The van der Waals surface area contributed by atoms with E-state index in [1.165, 1.54) is 96.3 Å². The summed E-state index contributed by atoms with van der Waals surface area (Å²) in [7, 11) is 0. The van der Waals surface area contributed by atoms with E-state index in [-0.39, 0.29) is 0 Å². The van der Waals surface area contributed by atoms with E-state index in [2.05, 4.69) is 0 Å². The van der Waals surface area contributed by atoms with Gasteiger partial charge in [0.1, 0.15) is 0 Å². The van der Waals surface area contributed by atoms with Crippen molar-refractivity contribution in [1.82, 2.24) is 0 Å². The van der Waals surface area contributed by atoms with Crippen LogP contribution in [0.2, 0.25) is 0 Å². The first-order chi connectivity index (χ1) is 8.93. The van der Waals surface area contributed by atoms with Crippen LogP contribution in [0, 0.1) is 5.92 Å². The Labute approximate surface area is 115 Å². The topological polar surface area (TPSA) is 26.0 Å². The highest BCUT2D eigenvalue weighted by Gasteiger charge is 2.15. The molecule has 0 heterocycles. The third-order valence-corrected chi connectivity index (χ3v) is 4.54. The minimum absolute atomic E-state index is 0.876. The highest BCUT2D eigenvalue weighted by atomic mass is 14.5. The summed E-state index contributed by atoms with van der Waals surface area (Å²) in [5, 5.41) is 0. The molecular formula is C17H35N. The van der Waals surface area contributed by atoms with Gasteiger partial charge in [-0.15, -0.1) is 0 Å². The number of hydrogen-bond donors (Lipinski definition) is 1. The van der Waals surface area contributed by atoms with Crippen LogP contribution in [-0.4, -0.2) is 6.54 Å². The van der Waals surface area contributed by atoms with Gasteiger partial charge in [-0.3, -0.25) is 0 Å². The SMILES string of the molecule is NCCCCCCCCCCCCCC1CCC1. The minimum atomic E-state index is 0.876. The van der Waals surface area contributed by atoms with Crippen molar-refractivity contribution >= 4 is 0 Å². The van der Waals surface area contributed by atoms with Crippen molar-refractivity contribution in [1.29, 1.82) is 0 Å². The summed E-state index contributed by atoms with van der Waals surface area (Å²) >= 11 is 0. The van der Waals surface area contributed by atoms with Crippen LogP contribution in [0.1, 0.15) is 96.3 Å². The fourth-order valence-electron chi connectivity index (χ4n) is 2.95. The zero-order valence-corrected chi connectivity index (χ0v) is 12.5. The molecular weight excluding hydrogens is 218 g/mol. The molecule has 2 N–H and O–H groups in total. The Morgan fingerprint density at radius 3 is 1.44 bits per heavy atom. The van der Waals surface area contributed by atoms with E-state index in [0.29, 0.717) is 0 Å². The largest absolute Gasteiger partial charge is 0.330 e. The van der Waals surface area contributed by atoms with Crippen LogP contribution in [0.5, 0.6) is 0 Å². The Morgan fingerprint density at radius 2 is 1.06 bits per heavy atom. The maximum atomic E-state index is 5.48. The number of rotatable bonds is 13. The third-order valence-electron chi connectivity index (χ3n) is 4.54. The predicted molar refractivity (Wildman–Crippen MR) is 81.8 cm³/mol. The molecule has 0 aromatic rings. The summed E-state index contributed by atoms with van der Waals surface area (Å²) in [5.74, 6) is 1.12. The summed E-state index contributed by atoms with van der Waals surface area (Å²) in [5.41, 5.74) is 5.48. The van der Waals surface area contributed by atoms with E-state index in [4.69, 9.17) is 5.73 Å². The Bertz CT molecular complexity index is 163. The zero-order chi connectivity index (χ0) is 12.9. The summed E-state index contributed by atoms with van der Waals surface area (Å²) in [6.07, 6.45) is 21.9. The fourth-order valence-corrected chi connectivity index (χ4v) is 2.95. The van der Waals surface area contributed by atoms with E-state index in [0.717, 1.165) is 12.5 Å². The molecule has 1 aliphatic carbocycles. The van der Waals surface area contributed by atoms with Gasteiger partial charge in [0.2, 0.25) is 0 Å². The molecule has 0 bridgehead atoms. The molecule has 18 heavy (non-hydrogen) atoms. The van der Waals surface area contributed by atoms with Gasteiger partial charge in [0.15, 0.2) is 0 Å². The molecule has 1 rings (SSSR count). The second-order valence-corrected chi connectivity index (χ2v) is 6.26. The predicted octanol–water partition coefficient (Wildman–Crippen LogP) is 5.43. The van der Waals surface area contributed by atoms with Gasteiger partial charge in [-0.05, 0) is 18.9 Å². The van der Waals surface area contributed by atoms with Gasteiger partial charge in [0.25, 0.3) is 0 Å². The summed E-state index contributed by atoms with van der Waals surface area (Å²) < 4.78 is 0. The first-order valence-corrected chi connectivity index (χ1v) is 8.63. The van der Waals surface area contributed by atoms with Gasteiger partial charge in [0, 0.05) is 0 Å². The molecule has 108 valence electrons. The zero-order valence-electron chi connectivity index (χ0n) is 12.5. The van der Waals surface area contributed by atoms with Crippen LogP contribution in [-0.2, 0) is 0 Å². The van der Waals surface area contributed by atoms with Crippen LogP contribution in [0.4, 0.5) is 0 Å². The van der Waals surface area contributed by atoms with Gasteiger partial charge in [-0.2, -0.15) is 0 Å². The molecule has 1 heteroatoms. The van der Waals surface area contributed by atoms with Crippen molar-refractivity contribution in [2.45, 2.75) is 96.3 Å². The number of unbranched alkanes of at least 4 members (excludes halogenated alkanes) is 10. The van der Waals surface area contributed by atoms with Crippen LogP contribution < -0.4 is 5.73 Å². The second-order valence-electron chi connectivity index (χ2n) is 6.26. The van der Waals surface area contributed by atoms with Gasteiger partial charge < -0.3 is 5.73 Å². The summed E-state index contributed by atoms with van der Waals surface area (Å²) in [6.45, 7) is 0.876. The lowest BCUT2D eigenvalue weighted by molar-refractivity contribution is 0.286. The minimum Gasteiger partial charge on any atom is -0.330 e. The van der Waals surface area contributed by atoms with Crippen LogP contribution >= 0.6 is 0 Å². The quantitative estimate of drug-likeness (QED) is 0.435. The molecule has 0 unspecified atom stereocenters. The highest BCUT2D eigenvalue weighted by Crippen LogP contribution is 2.31. The Kier molecular flexibility index (Phi) is 10.7. The molecule has 0 amide bonds. The van der Waals surface area contributed by atoms with E-state index in [9.17, 15) is 0 Å². The van der Waals surface area contributed by atoms with Crippen molar-refractivity contribution in [3.8, 4) is 0 Å². The Balaban J connectivity index is 1.63. The maximum Gasteiger partial charge on any atom is -0.00773 e. The molecule has 1 aliphatic rings. The van der Waals surface area contributed by atoms with Crippen LogP contribution in [0.3, 0.4) is 0 Å². The molecule has 1 fully saturated rings. The normalized spacial score (nSPS) is 15.8. The first-order valence-electron chi connectivity index (χ1n) is 8.63. The highest BCUT2D eigenvalue weighted by molar-refractivity contribution is 4.69. The molecule has 1 nitrogen and oxygen atoms in total. The molecule has 1 saturated carbocycles. The van der Waals surface area contributed by atoms with E-state index >= 15 is 0 Å². The van der Waals surface area contributed by atoms with Gasteiger partial charge in [-0.1, -0.05) is 89.9 Å². The molecule has 0 saturated heterocycles. The van der Waals surface area contributed by atoms with Gasteiger partial charge in [-0.25, -0.2) is 0 Å². The molecule has 0 radical (unpaired) electrons. The van der Waals surface area contributed by atoms with Crippen LogP contribution in [0.15, 0.2) is 0 Å². The fraction of sp³-hybridized carbons (Fsp3) is 1.00. The third kappa shape index (κ3) is 8.97. The second kappa shape index (κ2) is 12.0. The average Bonchev–Trinajstić information content (AvgIpc) is 2.33. The number of nitrogens with two attached hydrogens (primary N) is 1. The van der Waals surface area contributed by atoms with E-state index in [1.54, 1.807) is 0 Å². The number of hydrogen-bond acceptors (Lipinski definition) is 1. The monoisotopic (exact) mass is 253 g/mol. The smallest absolute Gasteiger partial charge is 0.00773 e. The molecule has 0 atom stereocenters. The van der Waals surface area contributed by atoms with E-state index < -0.39 is 0 Å². The van der Waals surface area contributed by atoms with Crippen LogP contribution in [0.25, 0.3) is 0 Å². The first kappa shape index (κ1) is 16.0. The summed E-state index contributed by atoms with van der Waals surface area (Å²) in [4.78, 5) is 0. The molecule has 0 aromatic carbocycles. The van der Waals surface area contributed by atoms with Crippen molar-refractivity contribution in [2.24, 2.45) is 11.7 Å². The van der Waals surface area contributed by atoms with Crippen molar-refractivity contribution in [3.05, 3.63) is 0 Å². The Morgan fingerprint density at radius 1 is 0.611 bits per heavy atom. The van der Waals surface area contributed by atoms with Gasteiger partial charge in [0.05, 0.1) is 0 Å². The maximum absolute atomic E-state index is 5.48. The lowest BCUT2D eigenvalue weighted by Crippen LogP contribution is -2.10. The molecule has 0 aliphatic heterocycles. The van der Waals surface area contributed by atoms with Crippen molar-refractivity contribution < 1.29 is 0 Å². The van der Waals surface area contributed by atoms with Crippen molar-refractivity contribution in [2.75, 3.05) is 6.54 Å². The molecule has 0 spiro atoms. The average molecular weight is 253 g/mol. The van der Waals surface area contributed by atoms with E-state index in [1.807, 2.05) is 0 Å². The Hall–Kier alpha value is -0.0400. The molecule has 0 aromatic heterocycles. The lowest BCUT2D eigenvalue weighted by Gasteiger charge is -2.24.